The summed E-state index contributed by atoms with van der Waals surface area (Å²) in [6.07, 6.45) is 5.11. The zero-order valence-electron chi connectivity index (χ0n) is 13.1. The van der Waals surface area contributed by atoms with Crippen molar-refractivity contribution >= 4 is 0 Å². The monoisotopic (exact) mass is 290 g/mol. The Balaban J connectivity index is 1.48. The lowest BCUT2D eigenvalue weighted by Crippen LogP contribution is -2.34. The second kappa shape index (κ2) is 6.67. The van der Waals surface area contributed by atoms with E-state index in [2.05, 4.69) is 22.3 Å². The molecule has 2 fully saturated rings. The average Bonchev–Trinajstić information content (AvgIpc) is 3.21. The normalized spacial score (nSPS) is 22.5. The third kappa shape index (κ3) is 3.89. The lowest BCUT2D eigenvalue weighted by molar-refractivity contribution is 0.330. The van der Waals surface area contributed by atoms with Crippen molar-refractivity contribution in [3.8, 4) is 11.5 Å². The van der Waals surface area contributed by atoms with Gasteiger partial charge in [0, 0.05) is 25.2 Å². The number of hydrogen-bond donors (Lipinski definition) is 1. The fraction of sp³-hybridized carbons (Fsp3) is 0.647. The fourth-order valence-electron chi connectivity index (χ4n) is 3.08. The molecule has 1 atom stereocenters. The number of likely N-dealkylation sites (tertiary alicyclic amines) is 1. The molecule has 116 valence electrons. The van der Waals surface area contributed by atoms with E-state index in [0.29, 0.717) is 6.04 Å². The Kier molecular flexibility index (Phi) is 4.66. The van der Waals surface area contributed by atoms with Gasteiger partial charge in [-0.1, -0.05) is 6.07 Å². The summed E-state index contributed by atoms with van der Waals surface area (Å²) in [6.45, 7) is 3.54. The van der Waals surface area contributed by atoms with Crippen LogP contribution in [0.1, 0.15) is 24.8 Å². The van der Waals surface area contributed by atoms with Gasteiger partial charge in [0.2, 0.25) is 0 Å². The first kappa shape index (κ1) is 14.7. The van der Waals surface area contributed by atoms with E-state index in [9.17, 15) is 0 Å². The molecule has 1 N–H and O–H groups in total. The highest BCUT2D eigenvalue weighted by molar-refractivity contribution is 5.42. The van der Waals surface area contributed by atoms with Crippen molar-refractivity contribution in [3.63, 3.8) is 0 Å². The molecule has 1 saturated heterocycles. The highest BCUT2D eigenvalue weighted by Crippen LogP contribution is 2.28. The van der Waals surface area contributed by atoms with Crippen LogP contribution in [0.3, 0.4) is 0 Å². The molecular formula is C17H26N2O2. The van der Waals surface area contributed by atoms with Gasteiger partial charge in [-0.2, -0.15) is 0 Å². The van der Waals surface area contributed by atoms with E-state index in [0.717, 1.165) is 30.5 Å². The van der Waals surface area contributed by atoms with Gasteiger partial charge in [0.15, 0.2) is 11.5 Å². The quantitative estimate of drug-likeness (QED) is 0.833. The predicted octanol–water partition coefficient (Wildman–Crippen LogP) is 2.07. The lowest BCUT2D eigenvalue weighted by Gasteiger charge is -2.17. The van der Waals surface area contributed by atoms with Gasteiger partial charge >= 0.3 is 0 Å². The predicted molar refractivity (Wildman–Crippen MR) is 84.3 cm³/mol. The van der Waals surface area contributed by atoms with Gasteiger partial charge in [-0.25, -0.2) is 0 Å². The number of methoxy groups -OCH3 is 2. The molecule has 4 nitrogen and oxygen atoms in total. The Hall–Kier alpha value is -1.26. The zero-order chi connectivity index (χ0) is 14.7. The summed E-state index contributed by atoms with van der Waals surface area (Å²) in [7, 11) is 3.37. The molecule has 1 heterocycles. The van der Waals surface area contributed by atoms with E-state index in [-0.39, 0.29) is 0 Å². The maximum absolute atomic E-state index is 5.37. The number of nitrogens with one attached hydrogen (secondary N) is 1. The van der Waals surface area contributed by atoms with Gasteiger partial charge in [-0.15, -0.1) is 0 Å². The van der Waals surface area contributed by atoms with Gasteiger partial charge in [0.25, 0.3) is 0 Å². The summed E-state index contributed by atoms with van der Waals surface area (Å²) in [5, 5.41) is 3.74. The second-order valence-electron chi connectivity index (χ2n) is 6.17. The summed E-state index contributed by atoms with van der Waals surface area (Å²) in [6, 6.07) is 7.76. The van der Waals surface area contributed by atoms with Crippen LogP contribution in [0, 0.1) is 0 Å². The van der Waals surface area contributed by atoms with Crippen LogP contribution >= 0.6 is 0 Å². The summed E-state index contributed by atoms with van der Waals surface area (Å²) in [5.74, 6) is 1.63. The van der Waals surface area contributed by atoms with E-state index >= 15 is 0 Å². The third-order valence-corrected chi connectivity index (χ3v) is 4.49. The van der Waals surface area contributed by atoms with Crippen LogP contribution < -0.4 is 14.8 Å². The largest absolute Gasteiger partial charge is 0.493 e. The SMILES string of the molecule is COc1ccc(CCN2CCC(NC3CC3)C2)cc1OC. The molecule has 0 amide bonds. The molecule has 1 aliphatic carbocycles. The van der Waals surface area contributed by atoms with Crippen molar-refractivity contribution in [1.82, 2.24) is 10.2 Å². The lowest BCUT2D eigenvalue weighted by atomic mass is 10.1. The minimum absolute atomic E-state index is 0.711. The van der Waals surface area contributed by atoms with Gasteiger partial charge < -0.3 is 19.7 Å². The summed E-state index contributed by atoms with van der Waals surface area (Å²) in [4.78, 5) is 2.57. The van der Waals surface area contributed by atoms with E-state index in [1.54, 1.807) is 14.2 Å². The van der Waals surface area contributed by atoms with Crippen LogP contribution in [-0.2, 0) is 6.42 Å². The Labute approximate surface area is 127 Å². The molecule has 4 heteroatoms. The molecule has 2 aliphatic rings. The van der Waals surface area contributed by atoms with Crippen LogP contribution in [0.15, 0.2) is 18.2 Å². The van der Waals surface area contributed by atoms with Crippen molar-refractivity contribution in [1.29, 1.82) is 0 Å². The topological polar surface area (TPSA) is 33.7 Å². The highest BCUT2D eigenvalue weighted by Gasteiger charge is 2.28. The van der Waals surface area contributed by atoms with Gasteiger partial charge in [-0.3, -0.25) is 0 Å². The minimum Gasteiger partial charge on any atom is -0.493 e. The average molecular weight is 290 g/mol. The van der Waals surface area contributed by atoms with Crippen molar-refractivity contribution in [2.45, 2.75) is 37.8 Å². The van der Waals surface area contributed by atoms with Crippen molar-refractivity contribution in [3.05, 3.63) is 23.8 Å². The molecule has 1 saturated carbocycles. The van der Waals surface area contributed by atoms with E-state index in [4.69, 9.17) is 9.47 Å². The number of rotatable bonds is 7. The van der Waals surface area contributed by atoms with E-state index in [1.165, 1.54) is 37.9 Å². The van der Waals surface area contributed by atoms with E-state index < -0.39 is 0 Å². The molecule has 1 aromatic carbocycles. The Morgan fingerprint density at radius 1 is 1.10 bits per heavy atom. The first-order valence-electron chi connectivity index (χ1n) is 7.98. The third-order valence-electron chi connectivity index (χ3n) is 4.49. The zero-order valence-corrected chi connectivity index (χ0v) is 13.1. The maximum Gasteiger partial charge on any atom is 0.160 e. The summed E-state index contributed by atoms with van der Waals surface area (Å²) in [5.41, 5.74) is 1.31. The fourth-order valence-corrected chi connectivity index (χ4v) is 3.08. The molecule has 0 spiro atoms. The molecule has 1 unspecified atom stereocenters. The van der Waals surface area contributed by atoms with Crippen LogP contribution in [0.2, 0.25) is 0 Å². The van der Waals surface area contributed by atoms with Crippen molar-refractivity contribution in [2.75, 3.05) is 33.9 Å². The van der Waals surface area contributed by atoms with Crippen molar-refractivity contribution in [2.24, 2.45) is 0 Å². The molecule has 21 heavy (non-hydrogen) atoms. The smallest absolute Gasteiger partial charge is 0.160 e. The van der Waals surface area contributed by atoms with E-state index in [1.807, 2.05) is 6.07 Å². The number of hydrogen-bond acceptors (Lipinski definition) is 4. The van der Waals surface area contributed by atoms with Gasteiger partial charge in [0.1, 0.15) is 0 Å². The Morgan fingerprint density at radius 2 is 1.90 bits per heavy atom. The number of benzene rings is 1. The summed E-state index contributed by atoms with van der Waals surface area (Å²) >= 11 is 0. The molecule has 1 aliphatic heterocycles. The Bertz CT molecular complexity index is 474. The number of nitrogens with zero attached hydrogens (tertiary/aromatic N) is 1. The summed E-state index contributed by atoms with van der Waals surface area (Å²) < 4.78 is 10.7. The highest BCUT2D eigenvalue weighted by atomic mass is 16.5. The van der Waals surface area contributed by atoms with Crippen molar-refractivity contribution < 1.29 is 9.47 Å². The van der Waals surface area contributed by atoms with Crippen LogP contribution in [0.5, 0.6) is 11.5 Å². The number of ether oxygens (including phenoxy) is 2. The Morgan fingerprint density at radius 3 is 2.62 bits per heavy atom. The van der Waals surface area contributed by atoms with Crippen LogP contribution in [0.4, 0.5) is 0 Å². The van der Waals surface area contributed by atoms with Gasteiger partial charge in [-0.05, 0) is 49.9 Å². The van der Waals surface area contributed by atoms with Crippen LogP contribution in [0.25, 0.3) is 0 Å². The molecular weight excluding hydrogens is 264 g/mol. The standard InChI is InChI=1S/C17H26N2O2/c1-20-16-6-3-13(11-17(16)21-2)7-9-19-10-8-15(12-19)18-14-4-5-14/h3,6,11,14-15,18H,4-5,7-10,12H2,1-2H3. The minimum atomic E-state index is 0.711. The first-order valence-corrected chi connectivity index (χ1v) is 7.98. The molecule has 3 rings (SSSR count). The second-order valence-corrected chi connectivity index (χ2v) is 6.17. The van der Waals surface area contributed by atoms with Gasteiger partial charge in [0.05, 0.1) is 14.2 Å². The van der Waals surface area contributed by atoms with Crippen LogP contribution in [-0.4, -0.2) is 50.8 Å². The molecule has 0 radical (unpaired) electrons. The molecule has 0 bridgehead atoms. The molecule has 1 aromatic rings. The molecule has 0 aromatic heterocycles. The maximum atomic E-state index is 5.37. The first-order chi connectivity index (χ1) is 10.3.